The van der Waals surface area contributed by atoms with E-state index >= 15 is 0 Å². The quantitative estimate of drug-likeness (QED) is 0.818. The third-order valence-corrected chi connectivity index (χ3v) is 3.68. The molecule has 0 unspecified atom stereocenters. The molecule has 1 aromatic rings. The zero-order valence-corrected chi connectivity index (χ0v) is 12.8. The Morgan fingerprint density at radius 3 is 2.19 bits per heavy atom. The maximum atomic E-state index is 13.5. The normalized spacial score (nSPS) is 12.9. The summed E-state index contributed by atoms with van der Waals surface area (Å²) in [6.45, 7) is 2.78. The molecule has 1 aromatic carbocycles. The molecule has 4 nitrogen and oxygen atoms in total. The second kappa shape index (κ2) is 6.47. The van der Waals surface area contributed by atoms with Crippen LogP contribution in [0.2, 0.25) is 0 Å². The lowest BCUT2D eigenvalue weighted by molar-refractivity contribution is -0.137. The first-order valence-corrected chi connectivity index (χ1v) is 6.96. The van der Waals surface area contributed by atoms with Crippen LogP contribution in [-0.2, 0) is 16.2 Å². The number of benzene rings is 1. The van der Waals surface area contributed by atoms with Gasteiger partial charge in [0.1, 0.15) is 10.7 Å². The fourth-order valence-electron chi connectivity index (χ4n) is 1.24. The van der Waals surface area contributed by atoms with Crippen molar-refractivity contribution in [2.24, 2.45) is 5.73 Å². The SMILES string of the molecule is CC(C)(N)CNS(=O)(=O)c1cc(C(F)(F)F)ccc1F.Cl. The molecule has 0 saturated heterocycles. The van der Waals surface area contributed by atoms with Crippen LogP contribution in [0, 0.1) is 5.82 Å². The van der Waals surface area contributed by atoms with Crippen molar-refractivity contribution in [1.29, 1.82) is 0 Å². The van der Waals surface area contributed by atoms with Gasteiger partial charge in [0.15, 0.2) is 0 Å². The van der Waals surface area contributed by atoms with Crippen molar-refractivity contribution >= 4 is 22.4 Å². The van der Waals surface area contributed by atoms with Gasteiger partial charge in [0.25, 0.3) is 0 Å². The van der Waals surface area contributed by atoms with Crippen molar-refractivity contribution in [3.63, 3.8) is 0 Å². The average Bonchev–Trinajstić information content (AvgIpc) is 2.24. The molecular formula is C11H15ClF4N2O2S. The van der Waals surface area contributed by atoms with Crippen molar-refractivity contribution in [3.05, 3.63) is 29.6 Å². The third-order valence-electron chi connectivity index (χ3n) is 2.27. The number of nitrogens with two attached hydrogens (primary N) is 1. The van der Waals surface area contributed by atoms with Crippen LogP contribution in [0.5, 0.6) is 0 Å². The largest absolute Gasteiger partial charge is 0.416 e. The molecule has 0 amide bonds. The molecule has 0 aliphatic carbocycles. The summed E-state index contributed by atoms with van der Waals surface area (Å²) in [5.41, 5.74) is 3.39. The van der Waals surface area contributed by atoms with E-state index in [0.717, 1.165) is 0 Å². The van der Waals surface area contributed by atoms with Gasteiger partial charge in [-0.2, -0.15) is 13.2 Å². The monoisotopic (exact) mass is 350 g/mol. The van der Waals surface area contributed by atoms with Crippen molar-refractivity contribution in [1.82, 2.24) is 4.72 Å². The molecule has 0 radical (unpaired) electrons. The molecule has 0 spiro atoms. The molecule has 0 fully saturated rings. The molecule has 0 aromatic heterocycles. The Hall–Kier alpha value is -0.900. The number of sulfonamides is 1. The second-order valence-corrected chi connectivity index (χ2v) is 6.69. The molecule has 0 aliphatic heterocycles. The van der Waals surface area contributed by atoms with Gasteiger partial charge < -0.3 is 5.73 Å². The minimum Gasteiger partial charge on any atom is -0.324 e. The summed E-state index contributed by atoms with van der Waals surface area (Å²) < 4.78 is 76.6. The van der Waals surface area contributed by atoms with E-state index in [1.807, 2.05) is 4.72 Å². The number of halogens is 5. The van der Waals surface area contributed by atoms with Crippen LogP contribution < -0.4 is 10.5 Å². The van der Waals surface area contributed by atoms with E-state index in [0.29, 0.717) is 12.1 Å². The van der Waals surface area contributed by atoms with E-state index in [1.54, 1.807) is 0 Å². The minimum atomic E-state index is -4.76. The first-order chi connectivity index (χ1) is 8.83. The number of alkyl halides is 3. The lowest BCUT2D eigenvalue weighted by Gasteiger charge is -2.19. The van der Waals surface area contributed by atoms with E-state index in [1.165, 1.54) is 13.8 Å². The fraction of sp³-hybridized carbons (Fsp3) is 0.455. The smallest absolute Gasteiger partial charge is 0.324 e. The molecule has 3 N–H and O–H groups in total. The van der Waals surface area contributed by atoms with Crippen LogP contribution in [0.25, 0.3) is 0 Å². The summed E-state index contributed by atoms with van der Waals surface area (Å²) in [4.78, 5) is -1.06. The molecule has 1 rings (SSSR count). The molecule has 0 aliphatic rings. The highest BCUT2D eigenvalue weighted by Gasteiger charge is 2.33. The molecule has 0 bridgehead atoms. The Balaban J connectivity index is 0.00000400. The molecule has 0 heterocycles. The van der Waals surface area contributed by atoms with E-state index in [4.69, 9.17) is 5.73 Å². The van der Waals surface area contributed by atoms with Crippen LogP contribution in [0.15, 0.2) is 23.1 Å². The molecule has 10 heteroatoms. The average molecular weight is 351 g/mol. The fourth-order valence-corrected chi connectivity index (χ4v) is 2.57. The van der Waals surface area contributed by atoms with Gasteiger partial charge >= 0.3 is 6.18 Å². The Morgan fingerprint density at radius 2 is 1.76 bits per heavy atom. The predicted octanol–water partition coefficient (Wildman–Crippen LogP) is 2.28. The first kappa shape index (κ1) is 20.1. The summed E-state index contributed by atoms with van der Waals surface area (Å²) in [7, 11) is -4.41. The van der Waals surface area contributed by atoms with Crippen molar-refractivity contribution in [2.45, 2.75) is 30.5 Å². The third kappa shape index (κ3) is 5.77. The highest BCUT2D eigenvalue weighted by molar-refractivity contribution is 7.89. The lowest BCUT2D eigenvalue weighted by Crippen LogP contribution is -2.45. The maximum absolute atomic E-state index is 13.5. The van der Waals surface area contributed by atoms with Gasteiger partial charge in [0, 0.05) is 12.1 Å². The molecule has 0 atom stereocenters. The van der Waals surface area contributed by atoms with Gasteiger partial charge in [-0.1, -0.05) is 0 Å². The summed E-state index contributed by atoms with van der Waals surface area (Å²) in [6.07, 6.45) is -4.76. The van der Waals surface area contributed by atoms with Crippen LogP contribution in [-0.4, -0.2) is 20.5 Å². The summed E-state index contributed by atoms with van der Waals surface area (Å²) in [5.74, 6) is -1.26. The maximum Gasteiger partial charge on any atom is 0.416 e. The summed E-state index contributed by atoms with van der Waals surface area (Å²) in [6, 6.07) is 1.19. The van der Waals surface area contributed by atoms with Crippen LogP contribution >= 0.6 is 12.4 Å². The standard InChI is InChI=1S/C11H14F4N2O2S.ClH/c1-10(2,16)6-17-20(18,19)9-5-7(11(13,14)15)3-4-8(9)12;/h3-5,17H,6,16H2,1-2H3;1H. The van der Waals surface area contributed by atoms with Crippen molar-refractivity contribution in [3.8, 4) is 0 Å². The van der Waals surface area contributed by atoms with Gasteiger partial charge in [-0.25, -0.2) is 17.5 Å². The Labute approximate surface area is 126 Å². The van der Waals surface area contributed by atoms with Crippen molar-refractivity contribution < 1.29 is 26.0 Å². The van der Waals surface area contributed by atoms with E-state index in [-0.39, 0.29) is 25.0 Å². The van der Waals surface area contributed by atoms with Crippen LogP contribution in [0.1, 0.15) is 19.4 Å². The summed E-state index contributed by atoms with van der Waals surface area (Å²) in [5, 5.41) is 0. The van der Waals surface area contributed by atoms with Gasteiger partial charge in [-0.15, -0.1) is 12.4 Å². The lowest BCUT2D eigenvalue weighted by atomic mass is 10.1. The Morgan fingerprint density at radius 1 is 1.24 bits per heavy atom. The first-order valence-electron chi connectivity index (χ1n) is 5.48. The van der Waals surface area contributed by atoms with Gasteiger partial charge in [-0.05, 0) is 32.0 Å². The topological polar surface area (TPSA) is 72.2 Å². The van der Waals surface area contributed by atoms with Gasteiger partial charge in [0.2, 0.25) is 10.0 Å². The zero-order valence-electron chi connectivity index (χ0n) is 11.2. The number of nitrogens with one attached hydrogen (secondary N) is 1. The number of hydrogen-bond acceptors (Lipinski definition) is 3. The van der Waals surface area contributed by atoms with Crippen LogP contribution in [0.3, 0.4) is 0 Å². The minimum absolute atomic E-state index is 0. The van der Waals surface area contributed by atoms with Gasteiger partial charge in [0.05, 0.1) is 5.56 Å². The van der Waals surface area contributed by atoms with Crippen molar-refractivity contribution in [2.75, 3.05) is 6.54 Å². The van der Waals surface area contributed by atoms with Gasteiger partial charge in [-0.3, -0.25) is 0 Å². The zero-order chi connectivity index (χ0) is 15.8. The number of hydrogen-bond donors (Lipinski definition) is 2. The highest BCUT2D eigenvalue weighted by atomic mass is 35.5. The molecule has 0 saturated carbocycles. The molecule has 122 valence electrons. The highest BCUT2D eigenvalue weighted by Crippen LogP contribution is 2.31. The molecule has 21 heavy (non-hydrogen) atoms. The summed E-state index contributed by atoms with van der Waals surface area (Å²) >= 11 is 0. The van der Waals surface area contributed by atoms with E-state index in [9.17, 15) is 26.0 Å². The molecular weight excluding hydrogens is 336 g/mol. The number of rotatable bonds is 4. The van der Waals surface area contributed by atoms with E-state index in [2.05, 4.69) is 0 Å². The second-order valence-electron chi connectivity index (χ2n) is 4.96. The van der Waals surface area contributed by atoms with Crippen LogP contribution in [0.4, 0.5) is 17.6 Å². The Kier molecular flexibility index (Phi) is 6.19. The Bertz CT molecular complexity index is 597. The van der Waals surface area contributed by atoms with E-state index < -0.39 is 38.0 Å². The predicted molar refractivity (Wildman–Crippen MR) is 72.1 cm³/mol.